The number of nitriles is 2. The maximum absolute atomic E-state index is 13.2. The van der Waals surface area contributed by atoms with Crippen LogP contribution in [0, 0.1) is 39.3 Å². The zero-order valence-electron chi connectivity index (χ0n) is 12.3. The molecule has 1 saturated heterocycles. The van der Waals surface area contributed by atoms with E-state index in [0.717, 1.165) is 0 Å². The van der Waals surface area contributed by atoms with Crippen molar-refractivity contribution in [3.8, 4) is 12.1 Å². The van der Waals surface area contributed by atoms with Gasteiger partial charge in [0.2, 0.25) is 0 Å². The number of hydrogen-bond donors (Lipinski definition) is 1. The van der Waals surface area contributed by atoms with Crippen LogP contribution in [0.15, 0.2) is 29.3 Å². The van der Waals surface area contributed by atoms with Gasteiger partial charge in [0.05, 0.1) is 24.8 Å². The Bertz CT molecular complexity index is 811. The van der Waals surface area contributed by atoms with E-state index in [0.29, 0.717) is 5.56 Å². The number of nitrogens with two attached hydrogens (primary N) is 1. The van der Waals surface area contributed by atoms with Gasteiger partial charge in [-0.05, 0) is 24.6 Å². The summed E-state index contributed by atoms with van der Waals surface area (Å²) in [5.74, 6) is -2.51. The van der Waals surface area contributed by atoms with Gasteiger partial charge in [0.15, 0.2) is 5.41 Å². The van der Waals surface area contributed by atoms with Crippen molar-refractivity contribution in [1.29, 1.82) is 10.5 Å². The van der Waals surface area contributed by atoms with Crippen LogP contribution in [0.4, 0.5) is 4.39 Å². The highest BCUT2D eigenvalue weighted by molar-refractivity contribution is 6.00. The Kier molecular flexibility index (Phi) is 2.51. The summed E-state index contributed by atoms with van der Waals surface area (Å²) in [6.07, 6.45) is -0.263. The molecule has 116 valence electrons. The summed E-state index contributed by atoms with van der Waals surface area (Å²) in [7, 11) is 0. The molecular formula is C16H13FN4O2. The first-order chi connectivity index (χ1) is 11.0. The van der Waals surface area contributed by atoms with Crippen molar-refractivity contribution in [3.05, 3.63) is 35.6 Å². The van der Waals surface area contributed by atoms with Crippen LogP contribution in [0.25, 0.3) is 0 Å². The smallest absolute Gasteiger partial charge is 0.293 e. The van der Waals surface area contributed by atoms with Crippen LogP contribution in [0.5, 0.6) is 0 Å². The molecule has 0 bridgehead atoms. The molecule has 0 aromatic heterocycles. The van der Waals surface area contributed by atoms with Crippen LogP contribution >= 0.6 is 0 Å². The van der Waals surface area contributed by atoms with Gasteiger partial charge in [-0.3, -0.25) is 0 Å². The lowest BCUT2D eigenvalue weighted by atomic mass is 9.94. The first-order valence-electron chi connectivity index (χ1n) is 7.23. The largest absolute Gasteiger partial charge is 0.386 e. The maximum atomic E-state index is 13.2. The lowest BCUT2D eigenvalue weighted by molar-refractivity contribution is -0.193. The van der Waals surface area contributed by atoms with Gasteiger partial charge >= 0.3 is 0 Å². The summed E-state index contributed by atoms with van der Waals surface area (Å²) in [4.78, 5) is 4.21. The zero-order chi connectivity index (χ0) is 16.5. The molecule has 4 rings (SSSR count). The normalized spacial score (nSPS) is 43.6. The molecule has 0 amide bonds. The number of aliphatic imine (C=N–C) groups is 1. The highest BCUT2D eigenvalue weighted by Gasteiger charge is 2.94. The first kappa shape index (κ1) is 14.1. The molecule has 3 aliphatic rings. The minimum Gasteiger partial charge on any atom is -0.386 e. The van der Waals surface area contributed by atoms with E-state index in [1.54, 1.807) is 19.1 Å². The number of benzene rings is 1. The summed E-state index contributed by atoms with van der Waals surface area (Å²) in [5.41, 5.74) is 3.99. The molecular weight excluding hydrogens is 299 g/mol. The average molecular weight is 312 g/mol. The van der Waals surface area contributed by atoms with Crippen LogP contribution in [-0.4, -0.2) is 24.5 Å². The van der Waals surface area contributed by atoms with Gasteiger partial charge in [-0.1, -0.05) is 12.1 Å². The van der Waals surface area contributed by atoms with Crippen molar-refractivity contribution in [2.45, 2.75) is 24.9 Å². The minimum atomic E-state index is -1.57. The molecule has 5 unspecified atom stereocenters. The van der Waals surface area contributed by atoms with E-state index in [9.17, 15) is 14.9 Å². The summed E-state index contributed by atoms with van der Waals surface area (Å²) < 4.78 is 24.7. The molecule has 1 aliphatic carbocycles. The standard InChI is InChI=1S/C16H13FN4O2/c1-9-6-22-16(23-9)15(8-19)12(10-2-4-11(17)5-3-10)14(15,7-18)13(20)21-16/h2-5,9,12H,6H2,1H3,(H2,20,21). The summed E-state index contributed by atoms with van der Waals surface area (Å²) in [5, 5.41) is 19.7. The monoisotopic (exact) mass is 312 g/mol. The van der Waals surface area contributed by atoms with E-state index in [4.69, 9.17) is 15.2 Å². The molecule has 2 heterocycles. The Labute approximate surface area is 131 Å². The highest BCUT2D eigenvalue weighted by atomic mass is 19.1. The molecule has 1 spiro atoms. The second-order valence-electron chi connectivity index (χ2n) is 6.14. The molecule has 1 aromatic carbocycles. The summed E-state index contributed by atoms with van der Waals surface area (Å²) in [6.45, 7) is 2.06. The van der Waals surface area contributed by atoms with Crippen LogP contribution in [0.1, 0.15) is 18.4 Å². The predicted molar refractivity (Wildman–Crippen MR) is 76.1 cm³/mol. The Morgan fingerprint density at radius 2 is 2.00 bits per heavy atom. The molecule has 2 fully saturated rings. The van der Waals surface area contributed by atoms with E-state index in [-0.39, 0.29) is 18.5 Å². The van der Waals surface area contributed by atoms with Crippen molar-refractivity contribution in [2.75, 3.05) is 6.61 Å². The van der Waals surface area contributed by atoms with Gasteiger partial charge in [-0.25, -0.2) is 9.38 Å². The van der Waals surface area contributed by atoms with Crippen molar-refractivity contribution in [1.82, 2.24) is 0 Å². The molecule has 2 N–H and O–H groups in total. The van der Waals surface area contributed by atoms with Gasteiger partial charge in [-0.15, -0.1) is 0 Å². The number of amidine groups is 1. The van der Waals surface area contributed by atoms with Gasteiger partial charge in [0, 0.05) is 5.92 Å². The van der Waals surface area contributed by atoms with E-state index in [2.05, 4.69) is 17.1 Å². The van der Waals surface area contributed by atoms with Crippen LogP contribution in [-0.2, 0) is 9.47 Å². The van der Waals surface area contributed by atoms with Gasteiger partial charge in [0.1, 0.15) is 17.1 Å². The van der Waals surface area contributed by atoms with Gasteiger partial charge < -0.3 is 15.2 Å². The van der Waals surface area contributed by atoms with Crippen molar-refractivity contribution in [3.63, 3.8) is 0 Å². The third-order valence-corrected chi connectivity index (χ3v) is 5.01. The third kappa shape index (κ3) is 1.31. The lowest BCUT2D eigenvalue weighted by Gasteiger charge is -2.26. The topological polar surface area (TPSA) is 104 Å². The lowest BCUT2D eigenvalue weighted by Crippen LogP contribution is -2.39. The van der Waals surface area contributed by atoms with Crippen LogP contribution in [0.3, 0.4) is 0 Å². The van der Waals surface area contributed by atoms with E-state index in [1.807, 2.05) is 0 Å². The first-order valence-corrected chi connectivity index (χ1v) is 7.23. The number of fused-ring (bicyclic) bond motifs is 2. The second kappa shape index (κ2) is 4.08. The van der Waals surface area contributed by atoms with Crippen molar-refractivity contribution in [2.24, 2.45) is 21.6 Å². The summed E-state index contributed by atoms with van der Waals surface area (Å²) >= 11 is 0. The molecule has 6 nitrogen and oxygen atoms in total. The van der Waals surface area contributed by atoms with Gasteiger partial charge in [-0.2, -0.15) is 10.5 Å². The molecule has 0 radical (unpaired) electrons. The third-order valence-electron chi connectivity index (χ3n) is 5.01. The molecule has 5 atom stereocenters. The minimum absolute atomic E-state index is 0.0324. The zero-order valence-corrected chi connectivity index (χ0v) is 12.3. The molecule has 1 saturated carbocycles. The quantitative estimate of drug-likeness (QED) is 0.844. The average Bonchev–Trinajstić information content (AvgIpc) is 2.92. The molecule has 23 heavy (non-hydrogen) atoms. The fourth-order valence-corrected chi connectivity index (χ4v) is 4.02. The number of ether oxygens (including phenoxy) is 2. The predicted octanol–water partition coefficient (Wildman–Crippen LogP) is 1.40. The number of halogens is 1. The van der Waals surface area contributed by atoms with E-state index in [1.165, 1.54) is 12.1 Å². The molecule has 7 heteroatoms. The number of nitrogens with zero attached hydrogens (tertiary/aromatic N) is 3. The Morgan fingerprint density at radius 3 is 2.52 bits per heavy atom. The van der Waals surface area contributed by atoms with Crippen molar-refractivity contribution >= 4 is 5.84 Å². The highest BCUT2D eigenvalue weighted by Crippen LogP contribution is 2.82. The fraction of sp³-hybridized carbons (Fsp3) is 0.438. The number of rotatable bonds is 1. The summed E-state index contributed by atoms with van der Waals surface area (Å²) in [6, 6.07) is 10.0. The van der Waals surface area contributed by atoms with Crippen LogP contribution in [0.2, 0.25) is 0 Å². The van der Waals surface area contributed by atoms with Gasteiger partial charge in [0.25, 0.3) is 5.91 Å². The fourth-order valence-electron chi connectivity index (χ4n) is 4.02. The number of hydrogen-bond acceptors (Lipinski definition) is 6. The second-order valence-corrected chi connectivity index (χ2v) is 6.14. The van der Waals surface area contributed by atoms with Crippen LogP contribution < -0.4 is 5.73 Å². The molecule has 1 aromatic rings. The maximum Gasteiger partial charge on any atom is 0.293 e. The van der Waals surface area contributed by atoms with E-state index >= 15 is 0 Å². The molecule has 2 aliphatic heterocycles. The van der Waals surface area contributed by atoms with E-state index < -0.39 is 28.5 Å². The Balaban J connectivity index is 1.91. The Morgan fingerprint density at radius 1 is 1.30 bits per heavy atom. The SMILES string of the molecule is CC1COC2(N=C(N)C3(C#N)C(c4ccc(F)cc4)C23C#N)O1. The Hall–Kier alpha value is -2.48. The van der Waals surface area contributed by atoms with Crippen molar-refractivity contribution < 1.29 is 13.9 Å².